The molecule has 0 unspecified atom stereocenters. The van der Waals surface area contributed by atoms with Crippen LogP contribution in [0.3, 0.4) is 0 Å². The van der Waals surface area contributed by atoms with Crippen molar-refractivity contribution < 1.29 is 14.3 Å². The summed E-state index contributed by atoms with van der Waals surface area (Å²) in [6.07, 6.45) is 0.938. The Balaban J connectivity index is 1.60. The number of rotatable bonds is 8. The van der Waals surface area contributed by atoms with Crippen LogP contribution in [-0.2, 0) is 0 Å². The Morgan fingerprint density at radius 2 is 1.65 bits per heavy atom. The number of hydrogen-bond donors (Lipinski definition) is 2. The summed E-state index contributed by atoms with van der Waals surface area (Å²) in [7, 11) is 1.73. The Labute approximate surface area is 205 Å². The van der Waals surface area contributed by atoms with E-state index in [0.717, 1.165) is 12.1 Å². The van der Waals surface area contributed by atoms with Crippen LogP contribution >= 0.6 is 12.2 Å². The predicted molar refractivity (Wildman–Crippen MR) is 141 cm³/mol. The van der Waals surface area contributed by atoms with Crippen LogP contribution in [0.25, 0.3) is 0 Å². The van der Waals surface area contributed by atoms with Gasteiger partial charge in [-0.2, -0.15) is 0 Å². The highest BCUT2D eigenvalue weighted by Gasteiger charge is 2.14. The molecule has 2 amide bonds. The topological polar surface area (TPSA) is 70.7 Å². The monoisotopic (exact) mass is 475 g/mol. The van der Waals surface area contributed by atoms with E-state index in [4.69, 9.17) is 17.0 Å². The van der Waals surface area contributed by atoms with Crippen molar-refractivity contribution in [2.45, 2.75) is 20.3 Å². The maximum Gasteiger partial charge on any atom is 0.258 e. The summed E-state index contributed by atoms with van der Waals surface area (Å²) >= 11 is 5.31. The van der Waals surface area contributed by atoms with E-state index in [1.54, 1.807) is 54.4 Å². The molecule has 7 heteroatoms. The van der Waals surface area contributed by atoms with Crippen LogP contribution in [0.1, 0.15) is 41.0 Å². The highest BCUT2D eigenvalue weighted by atomic mass is 32.1. The summed E-state index contributed by atoms with van der Waals surface area (Å²) in [6, 6.07) is 23.4. The Hall–Kier alpha value is -3.71. The number of anilines is 2. The number of nitrogens with one attached hydrogen (secondary N) is 2. The molecule has 0 aliphatic rings. The van der Waals surface area contributed by atoms with Gasteiger partial charge < -0.3 is 15.0 Å². The summed E-state index contributed by atoms with van der Waals surface area (Å²) in [5.41, 5.74) is 2.34. The summed E-state index contributed by atoms with van der Waals surface area (Å²) in [6.45, 7) is 4.86. The van der Waals surface area contributed by atoms with Gasteiger partial charge in [0.15, 0.2) is 5.11 Å². The first-order valence-electron chi connectivity index (χ1n) is 11.1. The summed E-state index contributed by atoms with van der Waals surface area (Å²) in [5.74, 6) is 0.685. The van der Waals surface area contributed by atoms with Gasteiger partial charge in [0.2, 0.25) is 0 Å². The summed E-state index contributed by atoms with van der Waals surface area (Å²) in [4.78, 5) is 27.1. The lowest BCUT2D eigenvalue weighted by atomic mass is 10.1. The molecule has 0 aliphatic heterocycles. The number of para-hydroxylation sites is 1. The van der Waals surface area contributed by atoms with Gasteiger partial charge in [0, 0.05) is 29.5 Å². The number of thiocarbonyl (C=S) groups is 1. The molecule has 34 heavy (non-hydrogen) atoms. The number of carbonyl (C=O) groups is 2. The summed E-state index contributed by atoms with van der Waals surface area (Å²) in [5, 5.41) is 5.79. The molecular weight excluding hydrogens is 446 g/mol. The van der Waals surface area contributed by atoms with Crippen molar-refractivity contribution in [3.05, 3.63) is 90.0 Å². The van der Waals surface area contributed by atoms with Gasteiger partial charge >= 0.3 is 0 Å². The van der Waals surface area contributed by atoms with Crippen LogP contribution < -0.4 is 20.3 Å². The Morgan fingerprint density at radius 1 is 0.941 bits per heavy atom. The number of nitrogens with zero attached hydrogens (tertiary/aromatic N) is 1. The first-order chi connectivity index (χ1) is 16.3. The van der Waals surface area contributed by atoms with Gasteiger partial charge in [0.05, 0.1) is 6.61 Å². The Kier molecular flexibility index (Phi) is 8.76. The standard InChI is InChI=1S/C27H29N3O3S/c1-19(2)15-16-33-24-14-8-9-20(18-24)25(31)29-27(34)28-22-11-7-10-21(17-22)26(32)30(3)23-12-5-4-6-13-23/h4-14,17-19H,15-16H2,1-3H3,(H2,28,29,31,34). The molecule has 0 heterocycles. The van der Waals surface area contributed by atoms with Crippen LogP contribution in [0.4, 0.5) is 11.4 Å². The van der Waals surface area contributed by atoms with Crippen LogP contribution in [-0.4, -0.2) is 30.6 Å². The molecule has 0 spiro atoms. The third-order valence-corrected chi connectivity index (χ3v) is 5.31. The molecule has 0 aromatic heterocycles. The molecule has 3 aromatic rings. The zero-order valence-electron chi connectivity index (χ0n) is 19.6. The van der Waals surface area contributed by atoms with Gasteiger partial charge in [-0.15, -0.1) is 0 Å². The zero-order valence-corrected chi connectivity index (χ0v) is 20.4. The number of amides is 2. The number of benzene rings is 3. The van der Waals surface area contributed by atoms with Gasteiger partial charge in [-0.1, -0.05) is 44.2 Å². The van der Waals surface area contributed by atoms with Crippen molar-refractivity contribution in [2.24, 2.45) is 5.92 Å². The van der Waals surface area contributed by atoms with Crippen molar-refractivity contribution in [1.82, 2.24) is 5.32 Å². The molecule has 3 rings (SSSR count). The molecule has 2 N–H and O–H groups in total. The largest absolute Gasteiger partial charge is 0.494 e. The van der Waals surface area contributed by atoms with E-state index in [1.807, 2.05) is 36.4 Å². The first kappa shape index (κ1) is 24.9. The minimum Gasteiger partial charge on any atom is -0.494 e. The van der Waals surface area contributed by atoms with Crippen LogP contribution in [0.15, 0.2) is 78.9 Å². The van der Waals surface area contributed by atoms with Crippen molar-refractivity contribution >= 4 is 40.5 Å². The maximum atomic E-state index is 12.9. The van der Waals surface area contributed by atoms with E-state index in [9.17, 15) is 9.59 Å². The molecule has 0 aliphatic carbocycles. The third-order valence-electron chi connectivity index (χ3n) is 5.10. The van der Waals surface area contributed by atoms with Gasteiger partial charge in [-0.05, 0) is 73.1 Å². The zero-order chi connectivity index (χ0) is 24.5. The van der Waals surface area contributed by atoms with E-state index < -0.39 is 0 Å². The Morgan fingerprint density at radius 3 is 2.38 bits per heavy atom. The third kappa shape index (κ3) is 7.15. The van der Waals surface area contributed by atoms with Crippen LogP contribution in [0, 0.1) is 5.92 Å². The quantitative estimate of drug-likeness (QED) is 0.420. The Bertz CT molecular complexity index is 1150. The second-order valence-electron chi connectivity index (χ2n) is 8.25. The molecule has 0 fully saturated rings. The molecule has 0 radical (unpaired) electrons. The molecule has 0 bridgehead atoms. The van der Waals surface area contributed by atoms with E-state index in [-0.39, 0.29) is 16.9 Å². The van der Waals surface area contributed by atoms with Crippen molar-refractivity contribution in [2.75, 3.05) is 23.9 Å². The second kappa shape index (κ2) is 12.0. The van der Waals surface area contributed by atoms with E-state index in [2.05, 4.69) is 24.5 Å². The van der Waals surface area contributed by atoms with Gasteiger partial charge in [-0.25, -0.2) is 0 Å². The molecule has 3 aromatic carbocycles. The lowest BCUT2D eigenvalue weighted by Crippen LogP contribution is -2.34. The van der Waals surface area contributed by atoms with Crippen molar-refractivity contribution in [3.8, 4) is 5.75 Å². The maximum absolute atomic E-state index is 12.9. The molecule has 6 nitrogen and oxygen atoms in total. The molecule has 176 valence electrons. The first-order valence-corrected chi connectivity index (χ1v) is 11.5. The van der Waals surface area contributed by atoms with Gasteiger partial charge in [0.1, 0.15) is 5.75 Å². The van der Waals surface area contributed by atoms with Crippen LogP contribution in [0.5, 0.6) is 5.75 Å². The summed E-state index contributed by atoms with van der Waals surface area (Å²) < 4.78 is 5.73. The number of hydrogen-bond acceptors (Lipinski definition) is 4. The van der Waals surface area contributed by atoms with E-state index in [0.29, 0.717) is 35.1 Å². The van der Waals surface area contributed by atoms with E-state index >= 15 is 0 Å². The van der Waals surface area contributed by atoms with Gasteiger partial charge in [-0.3, -0.25) is 14.9 Å². The fourth-order valence-corrected chi connectivity index (χ4v) is 3.38. The SMILES string of the molecule is CC(C)CCOc1cccc(C(=O)NC(=S)Nc2cccc(C(=O)N(C)c3ccccc3)c2)c1. The average molecular weight is 476 g/mol. The molecule has 0 saturated heterocycles. The van der Waals surface area contributed by atoms with Crippen LogP contribution in [0.2, 0.25) is 0 Å². The minimum absolute atomic E-state index is 0.136. The molecule has 0 atom stereocenters. The highest BCUT2D eigenvalue weighted by molar-refractivity contribution is 7.80. The average Bonchev–Trinajstić information content (AvgIpc) is 2.83. The number of carbonyl (C=O) groups excluding carboxylic acids is 2. The fourth-order valence-electron chi connectivity index (χ4n) is 3.17. The predicted octanol–water partition coefficient (Wildman–Crippen LogP) is 5.51. The lowest BCUT2D eigenvalue weighted by Gasteiger charge is -2.18. The second-order valence-corrected chi connectivity index (χ2v) is 8.66. The lowest BCUT2D eigenvalue weighted by molar-refractivity contribution is 0.0973. The van der Waals surface area contributed by atoms with Gasteiger partial charge in [0.25, 0.3) is 11.8 Å². The van der Waals surface area contributed by atoms with E-state index in [1.165, 1.54) is 0 Å². The highest BCUT2D eigenvalue weighted by Crippen LogP contribution is 2.18. The smallest absolute Gasteiger partial charge is 0.258 e. The number of ether oxygens (including phenoxy) is 1. The normalized spacial score (nSPS) is 10.5. The molecule has 0 saturated carbocycles. The fraction of sp³-hybridized carbons (Fsp3) is 0.222. The minimum atomic E-state index is -0.345. The molecular formula is C27H29N3O3S. The van der Waals surface area contributed by atoms with Crippen molar-refractivity contribution in [1.29, 1.82) is 0 Å². The van der Waals surface area contributed by atoms with Crippen molar-refractivity contribution in [3.63, 3.8) is 0 Å².